The van der Waals surface area contributed by atoms with Gasteiger partial charge in [-0.1, -0.05) is 0 Å². The molecule has 5 heteroatoms. The van der Waals surface area contributed by atoms with E-state index >= 15 is 0 Å². The normalized spacial score (nSPS) is 24.4. The van der Waals surface area contributed by atoms with Crippen LogP contribution < -0.4 is 0 Å². The average Bonchev–Trinajstić information content (AvgIpc) is 2.16. The fraction of sp³-hybridized carbons (Fsp3) is 0.800. The molecule has 0 aromatic rings. The second-order valence-electron chi connectivity index (χ2n) is 4.04. The van der Waals surface area contributed by atoms with Gasteiger partial charge in [-0.3, -0.25) is 4.90 Å². The first-order chi connectivity index (χ1) is 7.03. The summed E-state index contributed by atoms with van der Waals surface area (Å²) in [6.07, 6.45) is -0.447. The van der Waals surface area contributed by atoms with Crippen molar-refractivity contribution in [1.82, 2.24) is 4.90 Å². The molecule has 1 saturated heterocycles. The fourth-order valence-electron chi connectivity index (χ4n) is 1.65. The Hall–Kier alpha value is -1.28. The van der Waals surface area contributed by atoms with Gasteiger partial charge < -0.3 is 9.47 Å². The van der Waals surface area contributed by atoms with E-state index < -0.39 is 17.7 Å². The van der Waals surface area contributed by atoms with Crippen LogP contribution in [0.25, 0.3) is 0 Å². The predicted molar refractivity (Wildman–Crippen MR) is 53.2 cm³/mol. The standard InChI is InChI=1S/C10H16N2O3/c1-4-15-9(13)12-8(5-11)6-14-7-10(12,2)3/h8H,4,6-7H2,1-3H3/t8-/m0/s1. The molecular weight excluding hydrogens is 196 g/mol. The third kappa shape index (κ3) is 2.39. The summed E-state index contributed by atoms with van der Waals surface area (Å²) in [4.78, 5) is 13.1. The van der Waals surface area contributed by atoms with Gasteiger partial charge in [0.2, 0.25) is 0 Å². The molecule has 0 aromatic carbocycles. The number of ether oxygens (including phenoxy) is 2. The van der Waals surface area contributed by atoms with Crippen molar-refractivity contribution in [3.05, 3.63) is 0 Å². The van der Waals surface area contributed by atoms with Crippen LogP contribution in [0.1, 0.15) is 20.8 Å². The van der Waals surface area contributed by atoms with Crippen LogP contribution in [0.2, 0.25) is 0 Å². The Bertz CT molecular complexity index is 283. The molecule has 1 rings (SSSR count). The van der Waals surface area contributed by atoms with Crippen molar-refractivity contribution in [1.29, 1.82) is 5.26 Å². The second kappa shape index (κ2) is 4.49. The van der Waals surface area contributed by atoms with Crippen LogP contribution in [0.15, 0.2) is 0 Å². The van der Waals surface area contributed by atoms with Gasteiger partial charge in [0, 0.05) is 0 Å². The van der Waals surface area contributed by atoms with Crippen LogP contribution in [0.4, 0.5) is 4.79 Å². The summed E-state index contributed by atoms with van der Waals surface area (Å²) in [6, 6.07) is 1.49. The zero-order valence-corrected chi connectivity index (χ0v) is 9.32. The first kappa shape index (κ1) is 11.8. The molecule has 1 heterocycles. The third-order valence-corrected chi connectivity index (χ3v) is 2.31. The molecule has 1 fully saturated rings. The molecule has 1 amide bonds. The lowest BCUT2D eigenvalue weighted by Crippen LogP contribution is -2.60. The summed E-state index contributed by atoms with van der Waals surface area (Å²) < 4.78 is 10.2. The zero-order valence-electron chi connectivity index (χ0n) is 9.32. The lowest BCUT2D eigenvalue weighted by molar-refractivity contribution is -0.0641. The molecule has 0 aromatic heterocycles. The number of carbonyl (C=O) groups excluding carboxylic acids is 1. The van der Waals surface area contributed by atoms with Gasteiger partial charge in [0.25, 0.3) is 0 Å². The summed E-state index contributed by atoms with van der Waals surface area (Å²) in [5.41, 5.74) is -0.495. The molecule has 15 heavy (non-hydrogen) atoms. The quantitative estimate of drug-likeness (QED) is 0.654. The van der Waals surface area contributed by atoms with E-state index in [4.69, 9.17) is 14.7 Å². The van der Waals surface area contributed by atoms with E-state index in [0.717, 1.165) is 0 Å². The Morgan fingerprint density at radius 1 is 1.73 bits per heavy atom. The maximum atomic E-state index is 11.7. The molecule has 0 radical (unpaired) electrons. The first-order valence-corrected chi connectivity index (χ1v) is 4.96. The summed E-state index contributed by atoms with van der Waals surface area (Å²) >= 11 is 0. The van der Waals surface area contributed by atoms with Gasteiger partial charge in [-0.05, 0) is 20.8 Å². The van der Waals surface area contributed by atoms with Crippen molar-refractivity contribution >= 4 is 6.09 Å². The van der Waals surface area contributed by atoms with E-state index in [1.54, 1.807) is 6.92 Å². The Kier molecular flexibility index (Phi) is 3.53. The summed E-state index contributed by atoms with van der Waals surface area (Å²) in [5, 5.41) is 8.93. The van der Waals surface area contributed by atoms with Crippen molar-refractivity contribution < 1.29 is 14.3 Å². The monoisotopic (exact) mass is 212 g/mol. The first-order valence-electron chi connectivity index (χ1n) is 4.96. The van der Waals surface area contributed by atoms with Gasteiger partial charge in [0.05, 0.1) is 31.4 Å². The molecule has 1 aliphatic rings. The molecule has 84 valence electrons. The van der Waals surface area contributed by atoms with Gasteiger partial charge in [-0.15, -0.1) is 0 Å². The highest BCUT2D eigenvalue weighted by molar-refractivity contribution is 5.69. The molecule has 0 saturated carbocycles. The molecule has 0 aliphatic carbocycles. The Morgan fingerprint density at radius 3 is 2.93 bits per heavy atom. The number of hydrogen-bond donors (Lipinski definition) is 0. The third-order valence-electron chi connectivity index (χ3n) is 2.31. The summed E-state index contributed by atoms with van der Waals surface area (Å²) in [7, 11) is 0. The van der Waals surface area contributed by atoms with Crippen molar-refractivity contribution in [2.75, 3.05) is 19.8 Å². The minimum Gasteiger partial charge on any atom is -0.450 e. The van der Waals surface area contributed by atoms with E-state index in [1.807, 2.05) is 19.9 Å². The van der Waals surface area contributed by atoms with Crippen molar-refractivity contribution in [3.8, 4) is 6.07 Å². The molecule has 1 aliphatic heterocycles. The number of rotatable bonds is 1. The van der Waals surface area contributed by atoms with Gasteiger partial charge in [0.1, 0.15) is 6.04 Å². The van der Waals surface area contributed by atoms with Crippen molar-refractivity contribution in [2.24, 2.45) is 0 Å². The van der Waals surface area contributed by atoms with E-state index in [0.29, 0.717) is 13.2 Å². The fourth-order valence-corrected chi connectivity index (χ4v) is 1.65. The van der Waals surface area contributed by atoms with Crippen LogP contribution in [0.5, 0.6) is 0 Å². The van der Waals surface area contributed by atoms with Gasteiger partial charge in [0.15, 0.2) is 0 Å². The smallest absolute Gasteiger partial charge is 0.411 e. The molecule has 1 atom stereocenters. The predicted octanol–water partition coefficient (Wildman–Crippen LogP) is 1.15. The number of hydrogen-bond acceptors (Lipinski definition) is 4. The van der Waals surface area contributed by atoms with Crippen molar-refractivity contribution in [2.45, 2.75) is 32.4 Å². The highest BCUT2D eigenvalue weighted by Crippen LogP contribution is 2.24. The molecule has 0 N–H and O–H groups in total. The lowest BCUT2D eigenvalue weighted by atomic mass is 10.0. The Morgan fingerprint density at radius 2 is 2.40 bits per heavy atom. The van der Waals surface area contributed by atoms with Crippen LogP contribution in [-0.2, 0) is 9.47 Å². The van der Waals surface area contributed by atoms with Crippen LogP contribution >= 0.6 is 0 Å². The molecular formula is C10H16N2O3. The van der Waals surface area contributed by atoms with Crippen LogP contribution in [0, 0.1) is 11.3 Å². The highest BCUT2D eigenvalue weighted by atomic mass is 16.6. The second-order valence-corrected chi connectivity index (χ2v) is 4.04. The SMILES string of the molecule is CCOC(=O)N1[C@@H](C#N)COCC1(C)C. The number of morpholine rings is 1. The minimum absolute atomic E-state index is 0.249. The van der Waals surface area contributed by atoms with E-state index in [9.17, 15) is 4.79 Å². The van der Waals surface area contributed by atoms with Crippen molar-refractivity contribution in [3.63, 3.8) is 0 Å². The number of amides is 1. The topological polar surface area (TPSA) is 62.6 Å². The maximum Gasteiger partial charge on any atom is 0.411 e. The average molecular weight is 212 g/mol. The largest absolute Gasteiger partial charge is 0.450 e. The van der Waals surface area contributed by atoms with Gasteiger partial charge in [-0.25, -0.2) is 4.79 Å². The van der Waals surface area contributed by atoms with E-state index in [-0.39, 0.29) is 6.61 Å². The summed E-state index contributed by atoms with van der Waals surface area (Å²) in [6.45, 7) is 6.43. The molecule has 0 bridgehead atoms. The van der Waals surface area contributed by atoms with Crippen LogP contribution in [0.3, 0.4) is 0 Å². The van der Waals surface area contributed by atoms with Crippen LogP contribution in [-0.4, -0.2) is 42.4 Å². The lowest BCUT2D eigenvalue weighted by Gasteiger charge is -2.43. The maximum absolute atomic E-state index is 11.7. The molecule has 0 unspecified atom stereocenters. The van der Waals surface area contributed by atoms with E-state index in [2.05, 4.69) is 0 Å². The Labute approximate surface area is 89.6 Å². The Balaban J connectivity index is 2.86. The number of nitrogens with zero attached hydrogens (tertiary/aromatic N) is 2. The molecule has 5 nitrogen and oxygen atoms in total. The molecule has 0 spiro atoms. The summed E-state index contributed by atoms with van der Waals surface area (Å²) in [5.74, 6) is 0. The number of carbonyl (C=O) groups is 1. The number of nitriles is 1. The highest BCUT2D eigenvalue weighted by Gasteiger charge is 2.41. The van der Waals surface area contributed by atoms with E-state index in [1.165, 1.54) is 4.90 Å². The van der Waals surface area contributed by atoms with Gasteiger partial charge in [-0.2, -0.15) is 5.26 Å². The minimum atomic E-state index is -0.562. The van der Waals surface area contributed by atoms with Gasteiger partial charge >= 0.3 is 6.09 Å². The zero-order chi connectivity index (χ0) is 11.5.